The van der Waals surface area contributed by atoms with Gasteiger partial charge in [0.1, 0.15) is 5.92 Å². The Morgan fingerprint density at radius 3 is 2.90 bits per heavy atom. The smallest absolute Gasteiger partial charge is 0.231 e. The molecule has 5 heteroatoms. The van der Waals surface area contributed by atoms with Crippen molar-refractivity contribution in [3.63, 3.8) is 0 Å². The Morgan fingerprint density at radius 2 is 2.15 bits per heavy atom. The van der Waals surface area contributed by atoms with Gasteiger partial charge in [0.15, 0.2) is 17.3 Å². The van der Waals surface area contributed by atoms with Gasteiger partial charge >= 0.3 is 0 Å². The summed E-state index contributed by atoms with van der Waals surface area (Å²) < 4.78 is 10.4. The van der Waals surface area contributed by atoms with Gasteiger partial charge in [0, 0.05) is 18.0 Å². The second kappa shape index (κ2) is 5.02. The maximum atomic E-state index is 12.4. The van der Waals surface area contributed by atoms with Crippen LogP contribution in [0.15, 0.2) is 42.7 Å². The number of nitrogens with zero attached hydrogens (tertiary/aromatic N) is 2. The first kappa shape index (κ1) is 12.2. The summed E-state index contributed by atoms with van der Waals surface area (Å²) in [6.07, 6.45) is 3.13. The summed E-state index contributed by atoms with van der Waals surface area (Å²) >= 11 is 0. The van der Waals surface area contributed by atoms with Crippen molar-refractivity contribution in [1.29, 1.82) is 5.26 Å². The fourth-order valence-corrected chi connectivity index (χ4v) is 2.05. The third-order valence-electron chi connectivity index (χ3n) is 3.07. The number of nitriles is 1. The van der Waals surface area contributed by atoms with E-state index in [-0.39, 0.29) is 12.6 Å². The van der Waals surface area contributed by atoms with Crippen molar-refractivity contribution < 1.29 is 14.3 Å². The van der Waals surface area contributed by atoms with E-state index < -0.39 is 5.92 Å². The molecule has 1 atom stereocenters. The Balaban J connectivity index is 1.94. The summed E-state index contributed by atoms with van der Waals surface area (Å²) in [4.78, 5) is 16.4. The number of fused-ring (bicyclic) bond motifs is 1. The Morgan fingerprint density at radius 1 is 1.30 bits per heavy atom. The number of ketones is 1. The molecule has 0 spiro atoms. The van der Waals surface area contributed by atoms with Crippen LogP contribution in [-0.2, 0) is 0 Å². The van der Waals surface area contributed by atoms with E-state index in [1.54, 1.807) is 36.5 Å². The highest BCUT2D eigenvalue weighted by Crippen LogP contribution is 2.33. The average molecular weight is 266 g/mol. The third kappa shape index (κ3) is 2.08. The molecule has 0 bridgehead atoms. The number of pyridine rings is 1. The van der Waals surface area contributed by atoms with E-state index in [2.05, 4.69) is 4.98 Å². The summed E-state index contributed by atoms with van der Waals surface area (Å²) in [5.41, 5.74) is 1.00. The molecule has 2 aromatic rings. The molecule has 0 saturated carbocycles. The maximum absolute atomic E-state index is 12.4. The molecule has 5 nitrogen and oxygen atoms in total. The lowest BCUT2D eigenvalue weighted by molar-refractivity contribution is 0.0978. The summed E-state index contributed by atoms with van der Waals surface area (Å²) in [7, 11) is 0. The zero-order valence-electron chi connectivity index (χ0n) is 10.4. The van der Waals surface area contributed by atoms with Crippen LogP contribution in [0.1, 0.15) is 21.8 Å². The van der Waals surface area contributed by atoms with Gasteiger partial charge in [-0.1, -0.05) is 6.07 Å². The number of hydrogen-bond donors (Lipinski definition) is 0. The van der Waals surface area contributed by atoms with Crippen molar-refractivity contribution in [2.45, 2.75) is 5.92 Å². The molecule has 0 fully saturated rings. The van der Waals surface area contributed by atoms with E-state index in [1.165, 1.54) is 6.20 Å². The van der Waals surface area contributed by atoms with E-state index in [9.17, 15) is 10.1 Å². The molecule has 3 rings (SSSR count). The molecule has 0 radical (unpaired) electrons. The minimum Gasteiger partial charge on any atom is -0.454 e. The Bertz CT molecular complexity index is 692. The zero-order valence-corrected chi connectivity index (χ0v) is 10.4. The van der Waals surface area contributed by atoms with Crippen molar-refractivity contribution in [1.82, 2.24) is 4.98 Å². The quantitative estimate of drug-likeness (QED) is 0.797. The molecular weight excluding hydrogens is 256 g/mol. The predicted molar refractivity (Wildman–Crippen MR) is 69.5 cm³/mol. The van der Waals surface area contributed by atoms with Crippen molar-refractivity contribution in [3.05, 3.63) is 53.9 Å². The number of hydrogen-bond acceptors (Lipinski definition) is 5. The summed E-state index contributed by atoms with van der Waals surface area (Å²) in [6, 6.07) is 10.3. The highest BCUT2D eigenvalue weighted by Gasteiger charge is 2.24. The lowest BCUT2D eigenvalue weighted by atomic mass is 9.93. The molecule has 0 N–H and O–H groups in total. The van der Waals surface area contributed by atoms with Gasteiger partial charge in [-0.15, -0.1) is 0 Å². The molecular formula is C15H10N2O3. The number of carbonyl (C=O) groups excluding carboxylic acids is 1. The van der Waals surface area contributed by atoms with Gasteiger partial charge in [0.2, 0.25) is 6.79 Å². The van der Waals surface area contributed by atoms with Crippen LogP contribution in [0.4, 0.5) is 0 Å². The van der Waals surface area contributed by atoms with Gasteiger partial charge in [-0.3, -0.25) is 9.78 Å². The topological polar surface area (TPSA) is 72.2 Å². The fourth-order valence-electron chi connectivity index (χ4n) is 2.05. The van der Waals surface area contributed by atoms with Crippen LogP contribution in [0.3, 0.4) is 0 Å². The van der Waals surface area contributed by atoms with Crippen LogP contribution in [0, 0.1) is 11.3 Å². The lowest BCUT2D eigenvalue weighted by Crippen LogP contribution is -2.11. The molecule has 1 aromatic carbocycles. The minimum atomic E-state index is -0.871. The van der Waals surface area contributed by atoms with Gasteiger partial charge in [-0.2, -0.15) is 5.26 Å². The number of Topliss-reactive ketones (excluding diaryl/α,β-unsaturated/α-hetero) is 1. The molecule has 1 aromatic heterocycles. The molecule has 1 aliphatic heterocycles. The van der Waals surface area contributed by atoms with Crippen molar-refractivity contribution in [3.8, 4) is 17.6 Å². The third-order valence-corrected chi connectivity index (χ3v) is 3.07. The molecule has 0 aliphatic carbocycles. The van der Waals surface area contributed by atoms with Crippen LogP contribution in [-0.4, -0.2) is 17.6 Å². The van der Waals surface area contributed by atoms with Gasteiger partial charge in [0.05, 0.1) is 6.07 Å². The van der Waals surface area contributed by atoms with E-state index in [1.807, 2.05) is 6.07 Å². The SMILES string of the molecule is N#CC(C(=O)c1ccc2c(c1)OCO2)c1cccnc1. The summed E-state index contributed by atoms with van der Waals surface area (Å²) in [5, 5.41) is 9.25. The predicted octanol–water partition coefficient (Wildman–Crippen LogP) is 2.30. The monoisotopic (exact) mass is 266 g/mol. The van der Waals surface area contributed by atoms with Crippen LogP contribution in [0.25, 0.3) is 0 Å². The zero-order chi connectivity index (χ0) is 13.9. The Kier molecular flexibility index (Phi) is 3.05. The highest BCUT2D eigenvalue weighted by atomic mass is 16.7. The van der Waals surface area contributed by atoms with Crippen LogP contribution >= 0.6 is 0 Å². The normalized spacial score (nSPS) is 13.6. The number of carbonyl (C=O) groups is 1. The van der Waals surface area contributed by atoms with Crippen LogP contribution in [0.5, 0.6) is 11.5 Å². The van der Waals surface area contributed by atoms with E-state index in [0.717, 1.165) is 0 Å². The average Bonchev–Trinajstić information content (AvgIpc) is 2.96. The van der Waals surface area contributed by atoms with Gasteiger partial charge in [0.25, 0.3) is 0 Å². The van der Waals surface area contributed by atoms with Crippen molar-refractivity contribution >= 4 is 5.78 Å². The van der Waals surface area contributed by atoms with Gasteiger partial charge in [-0.25, -0.2) is 0 Å². The molecule has 98 valence electrons. The number of aromatic nitrogens is 1. The molecule has 1 unspecified atom stereocenters. The standard InChI is InChI=1S/C15H10N2O3/c16-7-12(11-2-1-5-17-8-11)15(18)10-3-4-13-14(6-10)20-9-19-13/h1-6,8,12H,9H2. The number of rotatable bonds is 3. The Hall–Kier alpha value is -2.87. The van der Waals surface area contributed by atoms with Crippen LogP contribution in [0.2, 0.25) is 0 Å². The summed E-state index contributed by atoms with van der Waals surface area (Å²) in [6.45, 7) is 0.150. The van der Waals surface area contributed by atoms with Gasteiger partial charge in [-0.05, 0) is 29.8 Å². The molecule has 0 amide bonds. The first-order chi connectivity index (χ1) is 9.79. The minimum absolute atomic E-state index is 0.150. The van der Waals surface area contributed by atoms with Crippen molar-refractivity contribution in [2.75, 3.05) is 6.79 Å². The molecule has 0 saturated heterocycles. The maximum Gasteiger partial charge on any atom is 0.231 e. The first-order valence-electron chi connectivity index (χ1n) is 6.03. The van der Waals surface area contributed by atoms with Crippen LogP contribution < -0.4 is 9.47 Å². The lowest BCUT2D eigenvalue weighted by Gasteiger charge is -2.08. The number of benzene rings is 1. The molecule has 20 heavy (non-hydrogen) atoms. The Labute approximate surface area is 115 Å². The number of ether oxygens (including phenoxy) is 2. The largest absolute Gasteiger partial charge is 0.454 e. The second-order valence-corrected chi connectivity index (χ2v) is 4.28. The summed E-state index contributed by atoms with van der Waals surface area (Å²) in [5.74, 6) is -0.0157. The second-order valence-electron chi connectivity index (χ2n) is 4.28. The van der Waals surface area contributed by atoms with Crippen molar-refractivity contribution in [2.24, 2.45) is 0 Å². The molecule has 1 aliphatic rings. The van der Waals surface area contributed by atoms with E-state index in [4.69, 9.17) is 9.47 Å². The van der Waals surface area contributed by atoms with Gasteiger partial charge < -0.3 is 9.47 Å². The highest BCUT2D eigenvalue weighted by molar-refractivity contribution is 6.03. The fraction of sp³-hybridized carbons (Fsp3) is 0.133. The molecule has 2 heterocycles. The van der Waals surface area contributed by atoms with E-state index in [0.29, 0.717) is 22.6 Å². The first-order valence-corrected chi connectivity index (χ1v) is 6.03. The van der Waals surface area contributed by atoms with E-state index >= 15 is 0 Å².